The van der Waals surface area contributed by atoms with Crippen molar-refractivity contribution in [3.8, 4) is 0 Å². The second-order valence-electron chi connectivity index (χ2n) is 5.67. The van der Waals surface area contributed by atoms with Crippen molar-refractivity contribution in [1.29, 1.82) is 0 Å². The van der Waals surface area contributed by atoms with E-state index in [9.17, 15) is 4.79 Å². The maximum absolute atomic E-state index is 11.8. The number of rotatable bonds is 6. The minimum Gasteiger partial charge on any atom is -0.380 e. The molecule has 1 aliphatic heterocycles. The predicted octanol–water partition coefficient (Wildman–Crippen LogP) is 3.47. The molecule has 128 valence electrons. The summed E-state index contributed by atoms with van der Waals surface area (Å²) in [6.45, 7) is 5.63. The van der Waals surface area contributed by atoms with Gasteiger partial charge in [-0.15, -0.1) is 11.3 Å². The lowest BCUT2D eigenvalue weighted by atomic mass is 10.1. The fraction of sp³-hybridized carbons (Fsp3) is 0.389. The van der Waals surface area contributed by atoms with Gasteiger partial charge in [-0.05, 0) is 54.6 Å². The SMILES string of the molecule is CCOCCNC(=O)Nc1ccc(N2CCc3sccc3C2)cc1. The molecule has 24 heavy (non-hydrogen) atoms. The molecule has 6 heteroatoms. The van der Waals surface area contributed by atoms with Crippen molar-refractivity contribution in [2.45, 2.75) is 19.9 Å². The minimum absolute atomic E-state index is 0.205. The molecule has 1 aromatic carbocycles. The zero-order valence-corrected chi connectivity index (χ0v) is 14.7. The summed E-state index contributed by atoms with van der Waals surface area (Å²) >= 11 is 1.85. The number of anilines is 2. The monoisotopic (exact) mass is 345 g/mol. The Morgan fingerprint density at radius 1 is 1.29 bits per heavy atom. The molecule has 2 heterocycles. The molecule has 5 nitrogen and oxygen atoms in total. The van der Waals surface area contributed by atoms with Crippen molar-refractivity contribution in [3.05, 3.63) is 46.2 Å². The summed E-state index contributed by atoms with van der Waals surface area (Å²) in [7, 11) is 0. The summed E-state index contributed by atoms with van der Waals surface area (Å²) in [6.07, 6.45) is 1.11. The highest BCUT2D eigenvalue weighted by atomic mass is 32.1. The summed E-state index contributed by atoms with van der Waals surface area (Å²) in [5.41, 5.74) is 3.41. The molecule has 0 fully saturated rings. The molecule has 0 saturated carbocycles. The van der Waals surface area contributed by atoms with E-state index >= 15 is 0 Å². The van der Waals surface area contributed by atoms with Crippen molar-refractivity contribution in [2.24, 2.45) is 0 Å². The van der Waals surface area contributed by atoms with E-state index in [0.717, 1.165) is 25.2 Å². The number of carbonyl (C=O) groups excluding carboxylic acids is 1. The predicted molar refractivity (Wildman–Crippen MR) is 99.0 cm³/mol. The summed E-state index contributed by atoms with van der Waals surface area (Å²) in [4.78, 5) is 15.7. The first-order valence-electron chi connectivity index (χ1n) is 8.29. The van der Waals surface area contributed by atoms with E-state index in [1.54, 1.807) is 0 Å². The molecule has 0 aliphatic carbocycles. The average molecular weight is 345 g/mol. The number of ether oxygens (including phenoxy) is 1. The van der Waals surface area contributed by atoms with Gasteiger partial charge in [0.1, 0.15) is 0 Å². The van der Waals surface area contributed by atoms with Gasteiger partial charge in [-0.3, -0.25) is 0 Å². The van der Waals surface area contributed by atoms with Crippen LogP contribution in [0.2, 0.25) is 0 Å². The number of nitrogens with zero attached hydrogens (tertiary/aromatic N) is 1. The van der Waals surface area contributed by atoms with Gasteiger partial charge in [0.2, 0.25) is 0 Å². The summed E-state index contributed by atoms with van der Waals surface area (Å²) < 4.78 is 5.19. The molecule has 0 spiro atoms. The number of benzene rings is 1. The van der Waals surface area contributed by atoms with Gasteiger partial charge in [0, 0.05) is 42.5 Å². The van der Waals surface area contributed by atoms with E-state index in [4.69, 9.17) is 4.74 Å². The Kier molecular flexibility index (Phi) is 5.72. The van der Waals surface area contributed by atoms with Crippen molar-refractivity contribution in [3.63, 3.8) is 0 Å². The van der Waals surface area contributed by atoms with Crippen LogP contribution in [0.5, 0.6) is 0 Å². The fourth-order valence-corrected chi connectivity index (χ4v) is 3.67. The van der Waals surface area contributed by atoms with Crippen LogP contribution in [0.4, 0.5) is 16.2 Å². The third-order valence-electron chi connectivity index (χ3n) is 4.03. The van der Waals surface area contributed by atoms with E-state index < -0.39 is 0 Å². The molecular weight excluding hydrogens is 322 g/mol. The normalized spacial score (nSPS) is 13.5. The molecule has 0 atom stereocenters. The number of hydrogen-bond donors (Lipinski definition) is 2. The molecule has 0 bridgehead atoms. The molecule has 0 unspecified atom stereocenters. The van der Waals surface area contributed by atoms with E-state index in [2.05, 4.69) is 39.1 Å². The first kappa shape index (κ1) is 16.8. The number of fused-ring (bicyclic) bond motifs is 1. The van der Waals surface area contributed by atoms with Crippen LogP contribution < -0.4 is 15.5 Å². The third kappa shape index (κ3) is 4.27. The minimum atomic E-state index is -0.205. The van der Waals surface area contributed by atoms with Gasteiger partial charge in [-0.25, -0.2) is 4.79 Å². The number of urea groups is 1. The van der Waals surface area contributed by atoms with Crippen molar-refractivity contribution in [2.75, 3.05) is 36.5 Å². The highest BCUT2D eigenvalue weighted by Crippen LogP contribution is 2.28. The van der Waals surface area contributed by atoms with Crippen LogP contribution in [0, 0.1) is 0 Å². The standard InChI is InChI=1S/C18H23N3O2S/c1-2-23-11-9-19-18(22)20-15-3-5-16(6-4-15)21-10-7-17-14(13-21)8-12-24-17/h3-6,8,12H,2,7,9-11,13H2,1H3,(H2,19,20,22). The highest BCUT2D eigenvalue weighted by molar-refractivity contribution is 7.10. The Morgan fingerprint density at radius 2 is 2.12 bits per heavy atom. The van der Waals surface area contributed by atoms with E-state index in [0.29, 0.717) is 19.8 Å². The lowest BCUT2D eigenvalue weighted by Gasteiger charge is -2.29. The van der Waals surface area contributed by atoms with Crippen molar-refractivity contribution in [1.82, 2.24) is 5.32 Å². The zero-order chi connectivity index (χ0) is 16.8. The summed E-state index contributed by atoms with van der Waals surface area (Å²) in [5, 5.41) is 7.78. The number of carbonyl (C=O) groups is 1. The van der Waals surface area contributed by atoms with E-state index in [1.165, 1.54) is 16.1 Å². The first-order valence-corrected chi connectivity index (χ1v) is 9.17. The van der Waals surface area contributed by atoms with Crippen LogP contribution in [-0.4, -0.2) is 32.3 Å². The van der Waals surface area contributed by atoms with E-state index in [1.807, 2.05) is 30.4 Å². The molecule has 0 radical (unpaired) electrons. The molecule has 1 aliphatic rings. The Balaban J connectivity index is 1.51. The molecule has 2 amide bonds. The van der Waals surface area contributed by atoms with Gasteiger partial charge in [0.25, 0.3) is 0 Å². The highest BCUT2D eigenvalue weighted by Gasteiger charge is 2.17. The van der Waals surface area contributed by atoms with Crippen LogP contribution in [0.1, 0.15) is 17.4 Å². The Morgan fingerprint density at radius 3 is 2.92 bits per heavy atom. The van der Waals surface area contributed by atoms with Gasteiger partial charge in [-0.1, -0.05) is 0 Å². The van der Waals surface area contributed by atoms with Gasteiger partial charge < -0.3 is 20.3 Å². The zero-order valence-electron chi connectivity index (χ0n) is 13.9. The maximum atomic E-state index is 11.8. The van der Waals surface area contributed by atoms with Gasteiger partial charge in [-0.2, -0.15) is 0 Å². The second-order valence-corrected chi connectivity index (χ2v) is 6.67. The number of nitrogens with one attached hydrogen (secondary N) is 2. The van der Waals surface area contributed by atoms with E-state index in [-0.39, 0.29) is 6.03 Å². The summed E-state index contributed by atoms with van der Waals surface area (Å²) in [5.74, 6) is 0. The maximum Gasteiger partial charge on any atom is 0.319 e. The molecule has 0 saturated heterocycles. The smallest absolute Gasteiger partial charge is 0.319 e. The number of amides is 2. The lowest BCUT2D eigenvalue weighted by molar-refractivity contribution is 0.150. The largest absolute Gasteiger partial charge is 0.380 e. The first-order chi connectivity index (χ1) is 11.8. The Labute approximate surface area is 146 Å². The second kappa shape index (κ2) is 8.17. The van der Waals surface area contributed by atoms with Crippen molar-refractivity contribution < 1.29 is 9.53 Å². The van der Waals surface area contributed by atoms with Crippen LogP contribution in [0.3, 0.4) is 0 Å². The van der Waals surface area contributed by atoms with Gasteiger partial charge >= 0.3 is 6.03 Å². The average Bonchev–Trinajstić information content (AvgIpc) is 3.07. The molecule has 1 aromatic heterocycles. The number of thiophene rings is 1. The lowest BCUT2D eigenvalue weighted by Crippen LogP contribution is -2.31. The van der Waals surface area contributed by atoms with Crippen molar-refractivity contribution >= 4 is 28.7 Å². The van der Waals surface area contributed by atoms with Gasteiger partial charge in [0.15, 0.2) is 0 Å². The quantitative estimate of drug-likeness (QED) is 0.788. The fourth-order valence-electron chi connectivity index (χ4n) is 2.78. The van der Waals surface area contributed by atoms with Gasteiger partial charge in [0.05, 0.1) is 6.61 Å². The topological polar surface area (TPSA) is 53.6 Å². The van der Waals surface area contributed by atoms with Crippen LogP contribution in [0.15, 0.2) is 35.7 Å². The molecule has 3 rings (SSSR count). The number of hydrogen-bond acceptors (Lipinski definition) is 4. The summed E-state index contributed by atoms with van der Waals surface area (Å²) in [6, 6.07) is 10.0. The Hall–Kier alpha value is -2.05. The Bertz CT molecular complexity index is 669. The third-order valence-corrected chi connectivity index (χ3v) is 5.06. The van der Waals surface area contributed by atoms with Crippen LogP contribution in [-0.2, 0) is 17.7 Å². The molecule has 2 aromatic rings. The van der Waals surface area contributed by atoms with Crippen LogP contribution in [0.25, 0.3) is 0 Å². The van der Waals surface area contributed by atoms with Crippen LogP contribution >= 0.6 is 11.3 Å². The molecule has 2 N–H and O–H groups in total. The molecular formula is C18H23N3O2S.